The van der Waals surface area contributed by atoms with Gasteiger partial charge in [-0.05, 0) is 79.4 Å². The number of hydrogen-bond donors (Lipinski definition) is 3. The molecule has 10 nitrogen and oxygen atoms in total. The van der Waals surface area contributed by atoms with E-state index in [-0.39, 0.29) is 12.2 Å². The van der Waals surface area contributed by atoms with E-state index < -0.39 is 15.8 Å². The van der Waals surface area contributed by atoms with Crippen LogP contribution in [0.3, 0.4) is 0 Å². The second-order valence-electron chi connectivity index (χ2n) is 11.4. The highest BCUT2D eigenvalue weighted by Crippen LogP contribution is 2.35. The quantitative estimate of drug-likeness (QED) is 0.215. The molecule has 44 heavy (non-hydrogen) atoms. The molecule has 12 heteroatoms. The molecule has 0 unspecified atom stereocenters. The number of H-pyrrole nitrogens is 2. The molecule has 7 rings (SSSR count). The van der Waals surface area contributed by atoms with Crippen LogP contribution in [0.4, 0.5) is 4.39 Å². The predicted octanol–water partition coefficient (Wildman–Crippen LogP) is 5.19. The van der Waals surface area contributed by atoms with Crippen LogP contribution in [-0.4, -0.2) is 62.3 Å². The average Bonchev–Trinajstić information content (AvgIpc) is 3.64. The van der Waals surface area contributed by atoms with Crippen molar-refractivity contribution in [3.8, 4) is 33.6 Å². The van der Waals surface area contributed by atoms with Crippen molar-refractivity contribution in [2.24, 2.45) is 5.14 Å². The summed E-state index contributed by atoms with van der Waals surface area (Å²) in [7, 11) is -3.68. The molecule has 1 aliphatic heterocycles. The molecule has 0 amide bonds. The molecule has 0 bridgehead atoms. The number of nitrogens with zero attached hydrogens (tertiary/aromatic N) is 5. The van der Waals surface area contributed by atoms with Crippen molar-refractivity contribution >= 4 is 32.0 Å². The Bertz CT molecular complexity index is 2100. The molecule has 0 radical (unpaired) electrons. The molecule has 6 heterocycles. The summed E-state index contributed by atoms with van der Waals surface area (Å²) < 4.78 is 37.6. The first-order valence-electron chi connectivity index (χ1n) is 14.6. The smallest absolute Gasteiger partial charge is 0.209 e. The largest absolute Gasteiger partial charge is 0.352 e. The van der Waals surface area contributed by atoms with E-state index in [1.54, 1.807) is 18.5 Å². The third kappa shape index (κ3) is 5.96. The number of aromatic nitrogens is 6. The van der Waals surface area contributed by atoms with E-state index in [0.717, 1.165) is 58.4 Å². The van der Waals surface area contributed by atoms with Gasteiger partial charge in [-0.1, -0.05) is 12.5 Å². The third-order valence-corrected chi connectivity index (χ3v) is 8.92. The van der Waals surface area contributed by atoms with E-state index in [2.05, 4.69) is 47.2 Å². The van der Waals surface area contributed by atoms with Gasteiger partial charge in [-0.25, -0.2) is 22.9 Å². The maximum absolute atomic E-state index is 14.6. The van der Waals surface area contributed by atoms with Crippen LogP contribution in [0.1, 0.15) is 30.4 Å². The van der Waals surface area contributed by atoms with Crippen molar-refractivity contribution in [3.05, 3.63) is 84.3 Å². The number of likely N-dealkylation sites (tertiary alicyclic amines) is 1. The number of nitrogens with one attached hydrogen (secondary N) is 2. The molecule has 5 aromatic heterocycles. The van der Waals surface area contributed by atoms with Crippen molar-refractivity contribution in [2.45, 2.75) is 32.2 Å². The molecule has 1 saturated heterocycles. The summed E-state index contributed by atoms with van der Waals surface area (Å²) in [6.07, 6.45) is 12.9. The third-order valence-electron chi connectivity index (χ3n) is 8.15. The Morgan fingerprint density at radius 1 is 0.841 bits per heavy atom. The number of piperidine rings is 1. The summed E-state index contributed by atoms with van der Waals surface area (Å²) in [5.74, 6) is -0.735. The van der Waals surface area contributed by atoms with Gasteiger partial charge in [0.1, 0.15) is 5.82 Å². The summed E-state index contributed by atoms with van der Waals surface area (Å²) >= 11 is 0. The predicted molar refractivity (Wildman–Crippen MR) is 168 cm³/mol. The minimum atomic E-state index is -3.68. The highest BCUT2D eigenvalue weighted by molar-refractivity contribution is 7.89. The Hall–Kier alpha value is -4.52. The average molecular weight is 611 g/mol. The Morgan fingerprint density at radius 3 is 2.48 bits per heavy atom. The number of halogens is 1. The molecule has 0 spiro atoms. The number of aryl methyl sites for hydroxylation is 1. The van der Waals surface area contributed by atoms with Gasteiger partial charge in [0.25, 0.3) is 0 Å². The van der Waals surface area contributed by atoms with Crippen molar-refractivity contribution in [3.63, 3.8) is 0 Å². The zero-order valence-electron chi connectivity index (χ0n) is 23.9. The van der Waals surface area contributed by atoms with Crippen molar-refractivity contribution in [2.75, 3.05) is 18.8 Å². The number of pyridine rings is 3. The van der Waals surface area contributed by atoms with Gasteiger partial charge in [0.2, 0.25) is 10.0 Å². The second kappa shape index (κ2) is 11.5. The van der Waals surface area contributed by atoms with Crippen LogP contribution < -0.4 is 5.14 Å². The molecule has 0 saturated carbocycles. The lowest BCUT2D eigenvalue weighted by molar-refractivity contribution is 0.220. The standard InChI is InChI=1S/C32H31FN8O2S/c33-25-10-20(4-7-44(34,42)43)8-22(11-25)28-17-36-18-30-26(28)13-29(38-30)31-27-12-24(16-37-32(27)40-39-31)23-9-21(14-35-15-23)19-41-5-2-1-3-6-41/h8-18,38H,1-7,19H2,(H2,34,42,43)(H,37,39,40). The van der Waals surface area contributed by atoms with Gasteiger partial charge in [0.05, 0.1) is 28.9 Å². The van der Waals surface area contributed by atoms with E-state index in [1.807, 2.05) is 24.7 Å². The number of fused-ring (bicyclic) bond motifs is 2. The Morgan fingerprint density at radius 2 is 1.64 bits per heavy atom. The summed E-state index contributed by atoms with van der Waals surface area (Å²) in [5.41, 5.74) is 7.84. The number of nitrogens with two attached hydrogens (primary N) is 1. The lowest BCUT2D eigenvalue weighted by Gasteiger charge is -2.26. The van der Waals surface area contributed by atoms with Crippen molar-refractivity contribution < 1.29 is 12.8 Å². The van der Waals surface area contributed by atoms with Crippen molar-refractivity contribution in [1.29, 1.82) is 0 Å². The molecule has 6 aromatic rings. The van der Waals surface area contributed by atoms with Gasteiger partial charge < -0.3 is 4.98 Å². The van der Waals surface area contributed by atoms with E-state index in [1.165, 1.54) is 37.0 Å². The minimum Gasteiger partial charge on any atom is -0.352 e. The molecule has 0 atom stereocenters. The maximum atomic E-state index is 14.6. The van der Waals surface area contributed by atoms with Crippen LogP contribution >= 0.6 is 0 Å². The van der Waals surface area contributed by atoms with Gasteiger partial charge in [0, 0.05) is 58.8 Å². The fraction of sp³-hybridized carbons (Fsp3) is 0.250. The first-order valence-corrected chi connectivity index (χ1v) is 16.3. The minimum absolute atomic E-state index is 0.109. The first-order chi connectivity index (χ1) is 21.3. The number of primary sulfonamides is 1. The Kier molecular flexibility index (Phi) is 7.40. The molecular formula is C32H31FN8O2S. The summed E-state index contributed by atoms with van der Waals surface area (Å²) in [6, 6.07) is 10.7. The number of aromatic amines is 2. The van der Waals surface area contributed by atoms with Crippen LogP contribution in [0.5, 0.6) is 0 Å². The Labute approximate surface area is 253 Å². The van der Waals surface area contributed by atoms with E-state index in [9.17, 15) is 12.8 Å². The van der Waals surface area contributed by atoms with Crippen LogP contribution in [-0.2, 0) is 23.0 Å². The van der Waals surface area contributed by atoms with Crippen LogP contribution in [0.2, 0.25) is 0 Å². The molecule has 0 aliphatic carbocycles. The summed E-state index contributed by atoms with van der Waals surface area (Å²) in [5, 5.41) is 14.4. The van der Waals surface area contributed by atoms with Gasteiger partial charge in [0.15, 0.2) is 5.65 Å². The highest BCUT2D eigenvalue weighted by atomic mass is 32.2. The highest BCUT2D eigenvalue weighted by Gasteiger charge is 2.17. The molecule has 1 aliphatic rings. The van der Waals surface area contributed by atoms with Gasteiger partial charge >= 0.3 is 0 Å². The molecule has 4 N–H and O–H groups in total. The fourth-order valence-electron chi connectivity index (χ4n) is 6.00. The van der Waals surface area contributed by atoms with Gasteiger partial charge in [-0.15, -0.1) is 0 Å². The normalized spacial score (nSPS) is 14.5. The lowest BCUT2D eigenvalue weighted by Crippen LogP contribution is -2.29. The lowest BCUT2D eigenvalue weighted by atomic mass is 10.0. The Balaban J connectivity index is 1.23. The number of hydrogen-bond acceptors (Lipinski definition) is 7. The van der Waals surface area contributed by atoms with Crippen LogP contribution in [0.25, 0.3) is 55.6 Å². The van der Waals surface area contributed by atoms with Crippen LogP contribution in [0.15, 0.2) is 67.4 Å². The zero-order valence-corrected chi connectivity index (χ0v) is 24.7. The van der Waals surface area contributed by atoms with Crippen molar-refractivity contribution in [1.82, 2.24) is 35.0 Å². The molecule has 224 valence electrons. The molecular weight excluding hydrogens is 579 g/mol. The fourth-order valence-corrected chi connectivity index (χ4v) is 6.52. The summed E-state index contributed by atoms with van der Waals surface area (Å²) in [6.45, 7) is 3.13. The van der Waals surface area contributed by atoms with E-state index in [4.69, 9.17) is 5.14 Å². The SMILES string of the molecule is NS(=O)(=O)CCc1cc(F)cc(-c2cncc3[nH]c(-c4[nH]nc5ncc(-c6cncc(CN7CCCCC7)c6)cc45)cc23)c1. The topological polar surface area (TPSA) is 147 Å². The first kappa shape index (κ1) is 28.3. The van der Waals surface area contributed by atoms with Gasteiger partial charge in [-0.3, -0.25) is 20.0 Å². The van der Waals surface area contributed by atoms with Gasteiger partial charge in [-0.2, -0.15) is 5.10 Å². The second-order valence-corrected chi connectivity index (χ2v) is 13.1. The zero-order chi connectivity index (χ0) is 30.3. The van der Waals surface area contributed by atoms with E-state index in [0.29, 0.717) is 22.3 Å². The number of sulfonamides is 1. The summed E-state index contributed by atoms with van der Waals surface area (Å²) in [4.78, 5) is 19.4. The number of benzene rings is 1. The molecule has 1 aromatic carbocycles. The maximum Gasteiger partial charge on any atom is 0.209 e. The van der Waals surface area contributed by atoms with E-state index >= 15 is 0 Å². The number of rotatable bonds is 8. The monoisotopic (exact) mass is 610 g/mol. The molecule has 1 fully saturated rings. The van der Waals surface area contributed by atoms with Crippen LogP contribution in [0, 0.1) is 5.82 Å².